The maximum atomic E-state index is 2.42. The van der Waals surface area contributed by atoms with Crippen LogP contribution in [0.2, 0.25) is 0 Å². The Kier molecular flexibility index (Phi) is 7.16. The van der Waals surface area contributed by atoms with Crippen LogP contribution in [0.25, 0.3) is 0 Å². The van der Waals surface area contributed by atoms with Gasteiger partial charge in [-0.15, -0.1) is 0 Å². The second-order valence-electron chi connectivity index (χ2n) is 6.12. The Morgan fingerprint density at radius 2 is 1.69 bits per heavy atom. The zero-order valence-electron chi connectivity index (χ0n) is 11.8. The average molecular weight is 224 g/mol. The Labute approximate surface area is 103 Å². The predicted molar refractivity (Wildman–Crippen MR) is 73.7 cm³/mol. The molecule has 1 unspecified atom stereocenters. The first-order valence-electron chi connectivity index (χ1n) is 7.76. The summed E-state index contributed by atoms with van der Waals surface area (Å²) in [5, 5.41) is 0. The molecule has 0 heteroatoms. The molecule has 0 aliphatic heterocycles. The second-order valence-corrected chi connectivity index (χ2v) is 6.12. The summed E-state index contributed by atoms with van der Waals surface area (Å²) in [6.45, 7) is 7.12. The summed E-state index contributed by atoms with van der Waals surface area (Å²) in [4.78, 5) is 0. The van der Waals surface area contributed by atoms with Crippen LogP contribution >= 0.6 is 0 Å². The van der Waals surface area contributed by atoms with E-state index in [1.807, 2.05) is 0 Å². The van der Waals surface area contributed by atoms with E-state index in [0.717, 1.165) is 17.8 Å². The third-order valence-corrected chi connectivity index (χ3v) is 4.66. The molecule has 1 saturated carbocycles. The second kappa shape index (κ2) is 8.14. The minimum absolute atomic E-state index is 1.01. The van der Waals surface area contributed by atoms with Gasteiger partial charge in [-0.05, 0) is 17.8 Å². The molecule has 1 fully saturated rings. The smallest absolute Gasteiger partial charge is 0.0414 e. The monoisotopic (exact) mass is 224 g/mol. The van der Waals surface area contributed by atoms with Gasteiger partial charge in [0, 0.05) is 0 Å². The first-order valence-corrected chi connectivity index (χ1v) is 7.76. The first-order chi connectivity index (χ1) is 7.76. The van der Waals surface area contributed by atoms with Crippen molar-refractivity contribution < 1.29 is 0 Å². The van der Waals surface area contributed by atoms with Gasteiger partial charge in [-0.3, -0.25) is 0 Å². The highest BCUT2D eigenvalue weighted by Gasteiger charge is 2.18. The lowest BCUT2D eigenvalue weighted by Crippen LogP contribution is -2.13. The third kappa shape index (κ3) is 5.37. The van der Waals surface area contributed by atoms with Gasteiger partial charge < -0.3 is 0 Å². The lowest BCUT2D eigenvalue weighted by molar-refractivity contribution is 0.255. The molecule has 0 saturated heterocycles. The van der Waals surface area contributed by atoms with E-state index in [9.17, 15) is 0 Å². The topological polar surface area (TPSA) is 0 Å². The molecule has 1 rings (SSSR count). The average Bonchev–Trinajstić information content (AvgIpc) is 2.32. The lowest BCUT2D eigenvalue weighted by Gasteiger charge is -2.27. The van der Waals surface area contributed by atoms with Crippen molar-refractivity contribution in [2.24, 2.45) is 17.8 Å². The summed E-state index contributed by atoms with van der Waals surface area (Å²) in [5.41, 5.74) is 0. The fraction of sp³-hybridized carbons (Fsp3) is 1.00. The van der Waals surface area contributed by atoms with Crippen LogP contribution in [0.3, 0.4) is 0 Å². The standard InChI is InChI=1S/C16H32/c1-4-6-7-15(5-2)12-13-16-10-8-14(3)9-11-16/h14-16H,4-13H2,1-3H3. The van der Waals surface area contributed by atoms with Gasteiger partial charge in [-0.2, -0.15) is 0 Å². The molecule has 1 aliphatic carbocycles. The zero-order valence-corrected chi connectivity index (χ0v) is 11.8. The van der Waals surface area contributed by atoms with Crippen molar-refractivity contribution in [1.82, 2.24) is 0 Å². The van der Waals surface area contributed by atoms with Gasteiger partial charge >= 0.3 is 0 Å². The van der Waals surface area contributed by atoms with Crippen LogP contribution in [-0.2, 0) is 0 Å². The summed E-state index contributed by atoms with van der Waals surface area (Å²) in [6, 6.07) is 0. The van der Waals surface area contributed by atoms with Crippen molar-refractivity contribution in [2.45, 2.75) is 85.0 Å². The van der Waals surface area contributed by atoms with E-state index in [4.69, 9.17) is 0 Å². The van der Waals surface area contributed by atoms with Crippen molar-refractivity contribution in [1.29, 1.82) is 0 Å². The van der Waals surface area contributed by atoms with E-state index in [1.165, 1.54) is 64.2 Å². The Bertz CT molecular complexity index is 149. The largest absolute Gasteiger partial charge is 0.0654 e. The summed E-state index contributed by atoms with van der Waals surface area (Å²) >= 11 is 0. The molecule has 16 heavy (non-hydrogen) atoms. The molecule has 0 spiro atoms. The lowest BCUT2D eigenvalue weighted by atomic mass is 9.79. The van der Waals surface area contributed by atoms with Gasteiger partial charge in [-0.25, -0.2) is 0 Å². The molecule has 1 aliphatic rings. The van der Waals surface area contributed by atoms with Gasteiger partial charge in [-0.1, -0.05) is 85.0 Å². The van der Waals surface area contributed by atoms with E-state index < -0.39 is 0 Å². The molecule has 0 nitrogen and oxygen atoms in total. The SMILES string of the molecule is CCCCC(CC)CCC1CCC(C)CC1. The molecule has 0 bridgehead atoms. The van der Waals surface area contributed by atoms with E-state index in [2.05, 4.69) is 20.8 Å². The molecule has 1 atom stereocenters. The van der Waals surface area contributed by atoms with E-state index in [1.54, 1.807) is 0 Å². The van der Waals surface area contributed by atoms with Crippen LogP contribution in [0.15, 0.2) is 0 Å². The summed E-state index contributed by atoms with van der Waals surface area (Å²) in [5.74, 6) is 3.12. The van der Waals surface area contributed by atoms with Crippen LogP contribution in [0.4, 0.5) is 0 Å². The summed E-state index contributed by atoms with van der Waals surface area (Å²) in [6.07, 6.45) is 14.8. The summed E-state index contributed by atoms with van der Waals surface area (Å²) < 4.78 is 0. The van der Waals surface area contributed by atoms with E-state index >= 15 is 0 Å². The molecule has 0 radical (unpaired) electrons. The molecule has 0 aromatic rings. The minimum atomic E-state index is 1.01. The zero-order chi connectivity index (χ0) is 11.8. The normalized spacial score (nSPS) is 27.9. The van der Waals surface area contributed by atoms with Crippen LogP contribution < -0.4 is 0 Å². The van der Waals surface area contributed by atoms with E-state index in [-0.39, 0.29) is 0 Å². The van der Waals surface area contributed by atoms with Crippen molar-refractivity contribution in [3.05, 3.63) is 0 Å². The Balaban J connectivity index is 2.11. The van der Waals surface area contributed by atoms with Crippen molar-refractivity contribution in [3.63, 3.8) is 0 Å². The molecule has 0 aromatic carbocycles. The highest BCUT2D eigenvalue weighted by Crippen LogP contribution is 2.33. The predicted octanol–water partition coefficient (Wildman–Crippen LogP) is 5.81. The number of hydrogen-bond donors (Lipinski definition) is 0. The van der Waals surface area contributed by atoms with Crippen LogP contribution in [-0.4, -0.2) is 0 Å². The molecule has 96 valence electrons. The van der Waals surface area contributed by atoms with Gasteiger partial charge in [0.15, 0.2) is 0 Å². The van der Waals surface area contributed by atoms with Crippen molar-refractivity contribution in [2.75, 3.05) is 0 Å². The van der Waals surface area contributed by atoms with Gasteiger partial charge in [0.05, 0.1) is 0 Å². The van der Waals surface area contributed by atoms with Gasteiger partial charge in [0.1, 0.15) is 0 Å². The fourth-order valence-corrected chi connectivity index (χ4v) is 3.13. The Morgan fingerprint density at radius 1 is 1.00 bits per heavy atom. The van der Waals surface area contributed by atoms with E-state index in [0.29, 0.717) is 0 Å². The molecule has 0 aromatic heterocycles. The van der Waals surface area contributed by atoms with Gasteiger partial charge in [0.2, 0.25) is 0 Å². The number of hydrogen-bond acceptors (Lipinski definition) is 0. The summed E-state index contributed by atoms with van der Waals surface area (Å²) in [7, 11) is 0. The Hall–Kier alpha value is 0. The van der Waals surface area contributed by atoms with Crippen molar-refractivity contribution >= 4 is 0 Å². The molecular weight excluding hydrogens is 192 g/mol. The first kappa shape index (κ1) is 14.1. The van der Waals surface area contributed by atoms with Crippen LogP contribution in [0.5, 0.6) is 0 Å². The Morgan fingerprint density at radius 3 is 2.25 bits per heavy atom. The van der Waals surface area contributed by atoms with Crippen LogP contribution in [0.1, 0.15) is 85.0 Å². The third-order valence-electron chi connectivity index (χ3n) is 4.66. The van der Waals surface area contributed by atoms with Crippen LogP contribution in [0, 0.1) is 17.8 Å². The highest BCUT2D eigenvalue weighted by atomic mass is 14.2. The molecule has 0 amide bonds. The minimum Gasteiger partial charge on any atom is -0.0654 e. The quantitative estimate of drug-likeness (QED) is 0.512. The molecule has 0 heterocycles. The maximum Gasteiger partial charge on any atom is -0.0414 e. The molecule has 0 N–H and O–H groups in total. The molecular formula is C16H32. The maximum absolute atomic E-state index is 2.42. The number of rotatable bonds is 7. The highest BCUT2D eigenvalue weighted by molar-refractivity contribution is 4.71. The fourth-order valence-electron chi connectivity index (χ4n) is 3.13. The number of unbranched alkanes of at least 4 members (excludes halogenated alkanes) is 1. The van der Waals surface area contributed by atoms with Gasteiger partial charge in [0.25, 0.3) is 0 Å². The van der Waals surface area contributed by atoms with Crippen molar-refractivity contribution in [3.8, 4) is 0 Å².